The van der Waals surface area contributed by atoms with E-state index in [0.29, 0.717) is 30.3 Å². The van der Waals surface area contributed by atoms with Gasteiger partial charge in [-0.05, 0) is 30.3 Å². The van der Waals surface area contributed by atoms with Gasteiger partial charge in [0.15, 0.2) is 0 Å². The zero-order chi connectivity index (χ0) is 20.8. The molecule has 0 aromatic heterocycles. The molecule has 3 rings (SSSR count). The van der Waals surface area contributed by atoms with Crippen LogP contribution in [-0.4, -0.2) is 39.1 Å². The summed E-state index contributed by atoms with van der Waals surface area (Å²) in [5, 5.41) is 6.26. The van der Waals surface area contributed by atoms with Gasteiger partial charge in [-0.15, -0.1) is 0 Å². The minimum absolute atomic E-state index is 0.102. The smallest absolute Gasteiger partial charge is 0.229 e. The predicted molar refractivity (Wildman–Crippen MR) is 112 cm³/mol. The first kappa shape index (κ1) is 20.7. The summed E-state index contributed by atoms with van der Waals surface area (Å²) < 4.78 is 10.6. The Morgan fingerprint density at radius 3 is 2.69 bits per heavy atom. The van der Waals surface area contributed by atoms with Crippen LogP contribution in [0.2, 0.25) is 0 Å². The molecular weight excluding hydrogens is 370 g/mol. The molecule has 2 N–H and O–H groups in total. The van der Waals surface area contributed by atoms with Gasteiger partial charge in [-0.25, -0.2) is 0 Å². The van der Waals surface area contributed by atoms with E-state index in [2.05, 4.69) is 10.6 Å². The molecule has 0 saturated carbocycles. The van der Waals surface area contributed by atoms with Crippen molar-refractivity contribution in [1.29, 1.82) is 0 Å². The number of hydrogen-bond acceptors (Lipinski definition) is 5. The van der Waals surface area contributed by atoms with Crippen LogP contribution in [0.1, 0.15) is 18.9 Å². The van der Waals surface area contributed by atoms with Crippen LogP contribution < -0.4 is 25.0 Å². The number of benzene rings is 2. The summed E-state index contributed by atoms with van der Waals surface area (Å²) in [6, 6.07) is 13.0. The largest absolute Gasteiger partial charge is 0.497 e. The van der Waals surface area contributed by atoms with Crippen molar-refractivity contribution in [3.8, 4) is 11.5 Å². The predicted octanol–water partition coefficient (Wildman–Crippen LogP) is 2.80. The van der Waals surface area contributed by atoms with Crippen LogP contribution in [0.3, 0.4) is 0 Å². The lowest BCUT2D eigenvalue weighted by molar-refractivity contribution is -0.122. The minimum Gasteiger partial charge on any atom is -0.497 e. The maximum absolute atomic E-state index is 12.9. The number of hydrogen-bond donors (Lipinski definition) is 2. The van der Waals surface area contributed by atoms with Gasteiger partial charge in [-0.2, -0.15) is 0 Å². The van der Waals surface area contributed by atoms with Crippen LogP contribution in [0.4, 0.5) is 11.4 Å². The monoisotopic (exact) mass is 397 g/mol. The molecule has 1 heterocycles. The Morgan fingerprint density at radius 2 is 1.97 bits per heavy atom. The molecule has 1 fully saturated rings. The van der Waals surface area contributed by atoms with Gasteiger partial charge >= 0.3 is 0 Å². The van der Waals surface area contributed by atoms with Gasteiger partial charge in [-0.1, -0.05) is 25.1 Å². The van der Waals surface area contributed by atoms with Crippen molar-refractivity contribution in [1.82, 2.24) is 5.32 Å². The maximum Gasteiger partial charge on any atom is 0.229 e. The Balaban J connectivity index is 1.73. The Kier molecular flexibility index (Phi) is 6.72. The Bertz CT molecular complexity index is 884. The molecule has 1 unspecified atom stereocenters. The van der Waals surface area contributed by atoms with E-state index in [1.807, 2.05) is 31.2 Å². The molecule has 1 atom stereocenters. The summed E-state index contributed by atoms with van der Waals surface area (Å²) in [5.41, 5.74) is 2.42. The number of rotatable bonds is 8. The highest BCUT2D eigenvalue weighted by atomic mass is 16.5. The lowest BCUT2D eigenvalue weighted by Crippen LogP contribution is -2.28. The van der Waals surface area contributed by atoms with Crippen LogP contribution in [0.15, 0.2) is 42.5 Å². The summed E-state index contributed by atoms with van der Waals surface area (Å²) in [6.45, 7) is 3.86. The third-order valence-corrected chi connectivity index (χ3v) is 5.01. The van der Waals surface area contributed by atoms with Gasteiger partial charge in [0.1, 0.15) is 11.5 Å². The Morgan fingerprint density at radius 1 is 1.17 bits per heavy atom. The van der Waals surface area contributed by atoms with E-state index in [4.69, 9.17) is 9.47 Å². The van der Waals surface area contributed by atoms with Gasteiger partial charge in [0.25, 0.3) is 0 Å². The summed E-state index contributed by atoms with van der Waals surface area (Å²) in [7, 11) is 3.12. The molecule has 1 saturated heterocycles. The number of nitrogens with zero attached hydrogens (tertiary/aromatic N) is 1. The first-order valence-electron chi connectivity index (χ1n) is 9.69. The average molecular weight is 397 g/mol. The van der Waals surface area contributed by atoms with Crippen molar-refractivity contribution in [3.05, 3.63) is 48.0 Å². The van der Waals surface area contributed by atoms with E-state index in [-0.39, 0.29) is 18.2 Å². The highest BCUT2D eigenvalue weighted by Crippen LogP contribution is 2.36. The third kappa shape index (κ3) is 4.68. The van der Waals surface area contributed by atoms with Gasteiger partial charge < -0.3 is 25.0 Å². The fraction of sp³-hybridized carbons (Fsp3) is 0.364. The first-order valence-corrected chi connectivity index (χ1v) is 9.69. The van der Waals surface area contributed by atoms with Gasteiger partial charge in [0.2, 0.25) is 11.8 Å². The van der Waals surface area contributed by atoms with E-state index in [1.165, 1.54) is 0 Å². The molecular formula is C22H27N3O4. The number of amides is 2. The summed E-state index contributed by atoms with van der Waals surface area (Å²) in [6.07, 6.45) is 0.163. The van der Waals surface area contributed by atoms with Gasteiger partial charge in [0.05, 0.1) is 25.8 Å². The van der Waals surface area contributed by atoms with Crippen molar-refractivity contribution in [2.24, 2.45) is 5.92 Å². The van der Waals surface area contributed by atoms with Gasteiger partial charge in [-0.3, -0.25) is 9.59 Å². The number of para-hydroxylation sites is 1. The molecule has 2 amide bonds. The number of methoxy groups -OCH3 is 2. The van der Waals surface area contributed by atoms with Crippen LogP contribution in [-0.2, 0) is 16.1 Å². The van der Waals surface area contributed by atoms with E-state index < -0.39 is 5.92 Å². The lowest BCUT2D eigenvalue weighted by atomic mass is 10.1. The molecule has 7 heteroatoms. The second-order valence-electron chi connectivity index (χ2n) is 6.87. The number of ether oxygens (including phenoxy) is 2. The number of carbonyl (C=O) groups excluding carboxylic acids is 2. The van der Waals surface area contributed by atoms with E-state index >= 15 is 0 Å². The highest BCUT2D eigenvalue weighted by Gasteiger charge is 2.36. The lowest BCUT2D eigenvalue weighted by Gasteiger charge is -2.20. The van der Waals surface area contributed by atoms with Crippen molar-refractivity contribution in [2.45, 2.75) is 19.9 Å². The van der Waals surface area contributed by atoms with Crippen LogP contribution >= 0.6 is 0 Å². The van der Waals surface area contributed by atoms with Crippen LogP contribution in [0.5, 0.6) is 11.5 Å². The zero-order valence-corrected chi connectivity index (χ0v) is 17.0. The van der Waals surface area contributed by atoms with E-state index in [1.54, 1.807) is 37.3 Å². The maximum atomic E-state index is 12.9. The van der Waals surface area contributed by atoms with Crippen LogP contribution in [0.25, 0.3) is 0 Å². The van der Waals surface area contributed by atoms with Crippen LogP contribution in [0, 0.1) is 5.92 Å². The second-order valence-corrected chi connectivity index (χ2v) is 6.87. The topological polar surface area (TPSA) is 79.9 Å². The molecule has 2 aromatic carbocycles. The molecule has 2 aromatic rings. The normalized spacial score (nSPS) is 16.0. The Labute approximate surface area is 171 Å². The second kappa shape index (κ2) is 9.43. The molecule has 0 bridgehead atoms. The number of anilines is 2. The molecule has 1 aliphatic heterocycles. The third-order valence-electron chi connectivity index (χ3n) is 5.01. The molecule has 154 valence electrons. The van der Waals surface area contributed by atoms with Crippen molar-refractivity contribution in [2.75, 3.05) is 37.5 Å². The summed E-state index contributed by atoms with van der Waals surface area (Å²) in [5.74, 6) is 0.493. The number of nitrogens with one attached hydrogen (secondary N) is 2. The van der Waals surface area contributed by atoms with E-state index in [9.17, 15) is 9.59 Å². The first-order chi connectivity index (χ1) is 14.1. The van der Waals surface area contributed by atoms with Crippen molar-refractivity contribution >= 4 is 23.2 Å². The molecule has 0 spiro atoms. The van der Waals surface area contributed by atoms with Crippen molar-refractivity contribution in [3.63, 3.8) is 0 Å². The van der Waals surface area contributed by atoms with Crippen molar-refractivity contribution < 1.29 is 19.1 Å². The molecule has 0 radical (unpaired) electrons. The fourth-order valence-electron chi connectivity index (χ4n) is 3.41. The minimum atomic E-state index is -0.429. The molecule has 7 nitrogen and oxygen atoms in total. The molecule has 29 heavy (non-hydrogen) atoms. The van der Waals surface area contributed by atoms with Gasteiger partial charge in [0, 0.05) is 31.3 Å². The summed E-state index contributed by atoms with van der Waals surface area (Å²) in [4.78, 5) is 27.1. The number of carbonyl (C=O) groups is 2. The summed E-state index contributed by atoms with van der Waals surface area (Å²) >= 11 is 0. The van der Waals surface area contributed by atoms with E-state index in [0.717, 1.165) is 17.8 Å². The standard InChI is InChI=1S/C22H27N3O4/c1-4-23-13-15-7-5-6-8-18(15)24-22(27)16-11-21(26)25(14-16)19-10-9-17(28-2)12-20(19)29-3/h5-10,12,16,23H,4,11,13-14H2,1-3H3,(H,24,27). The molecule has 1 aliphatic rings. The Hall–Kier alpha value is -3.06. The SMILES string of the molecule is CCNCc1ccccc1NC(=O)C1CC(=O)N(c2ccc(OC)cc2OC)C1. The average Bonchev–Trinajstić information content (AvgIpc) is 3.14. The highest BCUT2D eigenvalue weighted by molar-refractivity contribution is 6.04. The quantitative estimate of drug-likeness (QED) is 0.716. The fourth-order valence-corrected chi connectivity index (χ4v) is 3.41. The zero-order valence-electron chi connectivity index (χ0n) is 17.0. The molecule has 0 aliphatic carbocycles.